The molecule has 1 aromatic heterocycles. The second-order valence-electron chi connectivity index (χ2n) is 4.54. The number of sulfone groups is 1. The number of amides is 1. The SMILES string of the molecule is CCNc1ccc(C(=O)NC2CCS(=O)(=O)C2)cn1. The van der Waals surface area contributed by atoms with Crippen LogP contribution in [0.5, 0.6) is 0 Å². The summed E-state index contributed by atoms with van der Waals surface area (Å²) >= 11 is 0. The van der Waals surface area contributed by atoms with E-state index >= 15 is 0 Å². The van der Waals surface area contributed by atoms with E-state index in [9.17, 15) is 13.2 Å². The summed E-state index contributed by atoms with van der Waals surface area (Å²) in [5.41, 5.74) is 0.436. The van der Waals surface area contributed by atoms with Gasteiger partial charge in [-0.1, -0.05) is 0 Å². The predicted molar refractivity (Wildman–Crippen MR) is 72.9 cm³/mol. The molecule has 1 fully saturated rings. The average Bonchev–Trinajstić information content (AvgIpc) is 2.70. The van der Waals surface area contributed by atoms with Crippen molar-refractivity contribution in [3.05, 3.63) is 23.9 Å². The Morgan fingerprint density at radius 3 is 2.79 bits per heavy atom. The van der Waals surface area contributed by atoms with Gasteiger partial charge in [0.15, 0.2) is 9.84 Å². The summed E-state index contributed by atoms with van der Waals surface area (Å²) in [4.78, 5) is 16.0. The minimum atomic E-state index is -2.98. The number of rotatable bonds is 4. The molecule has 0 aromatic carbocycles. The molecular formula is C12H17N3O3S. The standard InChI is InChI=1S/C12H17N3O3S/c1-2-13-11-4-3-9(7-14-11)12(16)15-10-5-6-19(17,18)8-10/h3-4,7,10H,2,5-6,8H2,1H3,(H,13,14)(H,15,16). The van der Waals surface area contributed by atoms with Gasteiger partial charge in [0, 0.05) is 18.8 Å². The number of anilines is 1. The average molecular weight is 283 g/mol. The molecule has 1 aromatic rings. The Bertz CT molecular complexity index is 554. The molecule has 0 saturated carbocycles. The number of hydrogen-bond donors (Lipinski definition) is 2. The van der Waals surface area contributed by atoms with E-state index in [0.717, 1.165) is 6.54 Å². The normalized spacial score (nSPS) is 21.0. The molecule has 1 unspecified atom stereocenters. The summed E-state index contributed by atoms with van der Waals surface area (Å²) in [6.07, 6.45) is 1.97. The Hall–Kier alpha value is -1.63. The largest absolute Gasteiger partial charge is 0.370 e. The van der Waals surface area contributed by atoms with Crippen LogP contribution in [0.3, 0.4) is 0 Å². The molecule has 2 N–H and O–H groups in total. The zero-order valence-corrected chi connectivity index (χ0v) is 11.5. The van der Waals surface area contributed by atoms with Crippen molar-refractivity contribution in [3.63, 3.8) is 0 Å². The van der Waals surface area contributed by atoms with E-state index in [1.165, 1.54) is 6.20 Å². The molecular weight excluding hydrogens is 266 g/mol. The molecule has 0 radical (unpaired) electrons. The van der Waals surface area contributed by atoms with E-state index in [4.69, 9.17) is 0 Å². The first-order chi connectivity index (χ1) is 9.00. The van der Waals surface area contributed by atoms with Gasteiger partial charge in [-0.25, -0.2) is 13.4 Å². The summed E-state index contributed by atoms with van der Waals surface area (Å²) in [6.45, 7) is 2.72. The minimum absolute atomic E-state index is 0.0294. The van der Waals surface area contributed by atoms with E-state index in [1.54, 1.807) is 12.1 Å². The van der Waals surface area contributed by atoms with Crippen molar-refractivity contribution in [2.75, 3.05) is 23.4 Å². The van der Waals surface area contributed by atoms with Crippen LogP contribution >= 0.6 is 0 Å². The van der Waals surface area contributed by atoms with Gasteiger partial charge in [0.1, 0.15) is 5.82 Å². The molecule has 19 heavy (non-hydrogen) atoms. The molecule has 2 heterocycles. The highest BCUT2D eigenvalue weighted by atomic mass is 32.2. The summed E-state index contributed by atoms with van der Waals surface area (Å²) in [7, 11) is -2.98. The van der Waals surface area contributed by atoms with E-state index in [-0.39, 0.29) is 23.5 Å². The summed E-state index contributed by atoms with van der Waals surface area (Å²) < 4.78 is 22.6. The van der Waals surface area contributed by atoms with Gasteiger partial charge < -0.3 is 10.6 Å². The van der Waals surface area contributed by atoms with Crippen molar-refractivity contribution in [3.8, 4) is 0 Å². The third kappa shape index (κ3) is 3.66. The first-order valence-electron chi connectivity index (χ1n) is 6.21. The lowest BCUT2D eigenvalue weighted by Gasteiger charge is -2.10. The van der Waals surface area contributed by atoms with Crippen molar-refractivity contribution >= 4 is 21.6 Å². The van der Waals surface area contributed by atoms with E-state index in [2.05, 4.69) is 15.6 Å². The van der Waals surface area contributed by atoms with Gasteiger partial charge in [-0.2, -0.15) is 0 Å². The highest BCUT2D eigenvalue weighted by Gasteiger charge is 2.29. The van der Waals surface area contributed by atoms with Crippen LogP contribution in [-0.4, -0.2) is 43.4 Å². The lowest BCUT2D eigenvalue weighted by atomic mass is 10.2. The second kappa shape index (κ2) is 5.56. The number of carbonyl (C=O) groups excluding carboxylic acids is 1. The van der Waals surface area contributed by atoms with Crippen molar-refractivity contribution in [1.29, 1.82) is 0 Å². The second-order valence-corrected chi connectivity index (χ2v) is 6.76. The number of nitrogens with zero attached hydrogens (tertiary/aromatic N) is 1. The van der Waals surface area contributed by atoms with Gasteiger partial charge in [0.05, 0.1) is 17.1 Å². The molecule has 1 atom stereocenters. The van der Waals surface area contributed by atoms with Crippen LogP contribution in [0, 0.1) is 0 Å². The third-order valence-corrected chi connectivity index (χ3v) is 4.72. The van der Waals surface area contributed by atoms with E-state index < -0.39 is 9.84 Å². The quantitative estimate of drug-likeness (QED) is 0.836. The Balaban J connectivity index is 1.96. The van der Waals surface area contributed by atoms with Gasteiger partial charge in [-0.3, -0.25) is 4.79 Å². The summed E-state index contributed by atoms with van der Waals surface area (Å²) in [5.74, 6) is 0.608. The number of hydrogen-bond acceptors (Lipinski definition) is 5. The maximum absolute atomic E-state index is 11.9. The van der Waals surface area contributed by atoms with Crippen LogP contribution in [0.2, 0.25) is 0 Å². The highest BCUT2D eigenvalue weighted by molar-refractivity contribution is 7.91. The van der Waals surface area contributed by atoms with Crippen LogP contribution in [0.1, 0.15) is 23.7 Å². The minimum Gasteiger partial charge on any atom is -0.370 e. The van der Waals surface area contributed by atoms with Gasteiger partial charge in [-0.15, -0.1) is 0 Å². The van der Waals surface area contributed by atoms with Crippen LogP contribution in [-0.2, 0) is 9.84 Å². The van der Waals surface area contributed by atoms with Crippen molar-refractivity contribution < 1.29 is 13.2 Å². The number of nitrogens with one attached hydrogen (secondary N) is 2. The van der Waals surface area contributed by atoms with Crippen LogP contribution in [0.25, 0.3) is 0 Å². The van der Waals surface area contributed by atoms with Crippen molar-refractivity contribution in [2.24, 2.45) is 0 Å². The van der Waals surface area contributed by atoms with Gasteiger partial charge in [0.25, 0.3) is 5.91 Å². The Labute approximate surface area is 112 Å². The molecule has 104 valence electrons. The van der Waals surface area contributed by atoms with E-state index in [1.807, 2.05) is 6.92 Å². The molecule has 0 bridgehead atoms. The summed E-state index contributed by atoms with van der Waals surface area (Å²) in [5, 5.41) is 5.76. The molecule has 1 saturated heterocycles. The number of carbonyl (C=O) groups is 1. The Morgan fingerprint density at radius 1 is 1.47 bits per heavy atom. The van der Waals surface area contributed by atoms with Gasteiger partial charge in [-0.05, 0) is 25.5 Å². The Kier molecular flexibility index (Phi) is 4.04. The molecule has 0 aliphatic carbocycles. The Morgan fingerprint density at radius 2 is 2.26 bits per heavy atom. The molecule has 1 aliphatic rings. The third-order valence-electron chi connectivity index (χ3n) is 2.95. The van der Waals surface area contributed by atoms with Crippen LogP contribution in [0.15, 0.2) is 18.3 Å². The zero-order chi connectivity index (χ0) is 13.9. The topological polar surface area (TPSA) is 88.2 Å². The molecule has 0 spiro atoms. The number of pyridine rings is 1. The fourth-order valence-electron chi connectivity index (χ4n) is 1.99. The van der Waals surface area contributed by atoms with Crippen molar-refractivity contribution in [1.82, 2.24) is 10.3 Å². The molecule has 1 amide bonds. The molecule has 1 aliphatic heterocycles. The van der Waals surface area contributed by atoms with Gasteiger partial charge >= 0.3 is 0 Å². The smallest absolute Gasteiger partial charge is 0.253 e. The maximum Gasteiger partial charge on any atom is 0.253 e. The van der Waals surface area contributed by atoms with E-state index in [0.29, 0.717) is 17.8 Å². The van der Waals surface area contributed by atoms with Gasteiger partial charge in [0.2, 0.25) is 0 Å². The number of aromatic nitrogens is 1. The maximum atomic E-state index is 11.9. The fraction of sp³-hybridized carbons (Fsp3) is 0.500. The molecule has 7 heteroatoms. The van der Waals surface area contributed by atoms with Crippen LogP contribution in [0.4, 0.5) is 5.82 Å². The first kappa shape index (κ1) is 13.8. The van der Waals surface area contributed by atoms with Crippen molar-refractivity contribution in [2.45, 2.75) is 19.4 Å². The summed E-state index contributed by atoms with van der Waals surface area (Å²) in [6, 6.07) is 3.11. The lowest BCUT2D eigenvalue weighted by molar-refractivity contribution is 0.0941. The first-order valence-corrected chi connectivity index (χ1v) is 8.03. The fourth-order valence-corrected chi connectivity index (χ4v) is 3.66. The highest BCUT2D eigenvalue weighted by Crippen LogP contribution is 2.12. The molecule has 2 rings (SSSR count). The zero-order valence-electron chi connectivity index (χ0n) is 10.7. The molecule has 6 nitrogen and oxygen atoms in total. The van der Waals surface area contributed by atoms with Crippen LogP contribution < -0.4 is 10.6 Å². The predicted octanol–water partition coefficient (Wildman–Crippen LogP) is 0.430. The monoisotopic (exact) mass is 283 g/mol. The lowest BCUT2D eigenvalue weighted by Crippen LogP contribution is -2.35.